The van der Waals surface area contributed by atoms with E-state index >= 15 is 0 Å². The molecule has 1 saturated heterocycles. The van der Waals surface area contributed by atoms with E-state index < -0.39 is 0 Å². The van der Waals surface area contributed by atoms with Crippen LogP contribution >= 0.6 is 0 Å². The van der Waals surface area contributed by atoms with Crippen LogP contribution in [0.2, 0.25) is 0 Å². The third kappa shape index (κ3) is 4.76. The molecule has 0 amide bonds. The molecule has 1 aliphatic rings. The van der Waals surface area contributed by atoms with Crippen LogP contribution in [0.5, 0.6) is 0 Å². The minimum absolute atomic E-state index is 0.656. The zero-order valence-corrected chi connectivity index (χ0v) is 12.8. The molecular formula is C16H27N3O. The number of pyridine rings is 1. The molecule has 0 spiro atoms. The van der Waals surface area contributed by atoms with Gasteiger partial charge in [0.1, 0.15) is 0 Å². The van der Waals surface area contributed by atoms with Gasteiger partial charge in [-0.1, -0.05) is 6.92 Å². The van der Waals surface area contributed by atoms with Crippen LogP contribution in [-0.4, -0.2) is 38.3 Å². The van der Waals surface area contributed by atoms with Crippen molar-refractivity contribution in [3.05, 3.63) is 24.0 Å². The van der Waals surface area contributed by atoms with Crippen LogP contribution in [0.1, 0.15) is 31.9 Å². The zero-order valence-electron chi connectivity index (χ0n) is 12.8. The lowest BCUT2D eigenvalue weighted by Crippen LogP contribution is -2.31. The molecule has 0 saturated carbocycles. The second-order valence-electron chi connectivity index (χ2n) is 5.65. The Bertz CT molecular complexity index is 391. The van der Waals surface area contributed by atoms with E-state index in [0.29, 0.717) is 5.92 Å². The van der Waals surface area contributed by atoms with Gasteiger partial charge in [0.15, 0.2) is 0 Å². The number of nitrogens with one attached hydrogen (secondary N) is 1. The minimum Gasteiger partial charge on any atom is -0.381 e. The standard InChI is InChI=1S/C16H27N3O/c1-3-7-17-11-15-10-16(6-8-18-15)19(2)12-14-5-4-9-20-13-14/h6,8,10,14,17H,3-5,7,9,11-13H2,1-2H3. The number of hydrogen-bond donors (Lipinski definition) is 1. The lowest BCUT2D eigenvalue weighted by Gasteiger charge is -2.28. The first-order chi connectivity index (χ1) is 9.79. The summed E-state index contributed by atoms with van der Waals surface area (Å²) in [7, 11) is 2.16. The van der Waals surface area contributed by atoms with Gasteiger partial charge >= 0.3 is 0 Å². The average molecular weight is 277 g/mol. The Morgan fingerprint density at radius 2 is 2.40 bits per heavy atom. The van der Waals surface area contributed by atoms with E-state index in [2.05, 4.69) is 41.3 Å². The van der Waals surface area contributed by atoms with Gasteiger partial charge in [-0.25, -0.2) is 0 Å². The van der Waals surface area contributed by atoms with Gasteiger partial charge in [0, 0.05) is 38.6 Å². The van der Waals surface area contributed by atoms with Crippen LogP contribution in [0.15, 0.2) is 18.3 Å². The van der Waals surface area contributed by atoms with Gasteiger partial charge in [0.05, 0.1) is 12.3 Å². The van der Waals surface area contributed by atoms with Crippen molar-refractivity contribution < 1.29 is 4.74 Å². The molecule has 1 fully saturated rings. The highest BCUT2D eigenvalue weighted by atomic mass is 16.5. The minimum atomic E-state index is 0.656. The van der Waals surface area contributed by atoms with Crippen molar-refractivity contribution in [2.24, 2.45) is 5.92 Å². The summed E-state index contributed by atoms with van der Waals surface area (Å²) in [5, 5.41) is 3.40. The van der Waals surface area contributed by atoms with E-state index in [9.17, 15) is 0 Å². The molecule has 1 atom stereocenters. The predicted octanol–water partition coefficient (Wildman–Crippen LogP) is 2.44. The third-order valence-corrected chi connectivity index (χ3v) is 3.76. The smallest absolute Gasteiger partial charge is 0.0562 e. The first kappa shape index (κ1) is 15.3. The molecule has 0 aromatic carbocycles. The Kier molecular flexibility index (Phi) is 6.27. The fourth-order valence-electron chi connectivity index (χ4n) is 2.64. The van der Waals surface area contributed by atoms with Crippen molar-refractivity contribution >= 4 is 5.69 Å². The monoisotopic (exact) mass is 277 g/mol. The van der Waals surface area contributed by atoms with E-state index in [0.717, 1.165) is 45.0 Å². The molecule has 2 rings (SSSR count). The van der Waals surface area contributed by atoms with Crippen molar-refractivity contribution in [3.8, 4) is 0 Å². The number of anilines is 1. The fourth-order valence-corrected chi connectivity index (χ4v) is 2.64. The Morgan fingerprint density at radius 1 is 1.50 bits per heavy atom. The number of aromatic nitrogens is 1. The van der Waals surface area contributed by atoms with Crippen LogP contribution in [0.25, 0.3) is 0 Å². The largest absolute Gasteiger partial charge is 0.381 e. The van der Waals surface area contributed by atoms with Crippen molar-refractivity contribution in [2.45, 2.75) is 32.7 Å². The average Bonchev–Trinajstić information content (AvgIpc) is 2.49. The quantitative estimate of drug-likeness (QED) is 0.777. The van der Waals surface area contributed by atoms with Gasteiger partial charge in [0.25, 0.3) is 0 Å². The van der Waals surface area contributed by atoms with E-state index in [1.54, 1.807) is 0 Å². The summed E-state index contributed by atoms with van der Waals surface area (Å²) in [5.74, 6) is 0.656. The molecule has 20 heavy (non-hydrogen) atoms. The second kappa shape index (κ2) is 8.22. The lowest BCUT2D eigenvalue weighted by molar-refractivity contribution is 0.0576. The number of rotatable bonds is 7. The Labute approximate surface area is 122 Å². The molecule has 1 aliphatic heterocycles. The molecule has 0 bridgehead atoms. The van der Waals surface area contributed by atoms with Crippen molar-refractivity contribution in [3.63, 3.8) is 0 Å². The molecule has 4 nitrogen and oxygen atoms in total. The third-order valence-electron chi connectivity index (χ3n) is 3.76. The first-order valence-corrected chi connectivity index (χ1v) is 7.74. The summed E-state index contributed by atoms with van der Waals surface area (Å²) >= 11 is 0. The van der Waals surface area contributed by atoms with Crippen LogP contribution in [0.3, 0.4) is 0 Å². The number of ether oxygens (including phenoxy) is 1. The second-order valence-corrected chi connectivity index (χ2v) is 5.65. The molecule has 0 radical (unpaired) electrons. The summed E-state index contributed by atoms with van der Waals surface area (Å²) in [6, 6.07) is 4.28. The van der Waals surface area contributed by atoms with Gasteiger partial charge in [-0.05, 0) is 43.9 Å². The first-order valence-electron chi connectivity index (χ1n) is 7.74. The molecule has 0 aliphatic carbocycles. The van der Waals surface area contributed by atoms with Gasteiger partial charge < -0.3 is 15.0 Å². The van der Waals surface area contributed by atoms with Crippen LogP contribution in [0.4, 0.5) is 5.69 Å². The zero-order chi connectivity index (χ0) is 14.2. The maximum Gasteiger partial charge on any atom is 0.0562 e. The molecule has 1 aromatic rings. The summed E-state index contributed by atoms with van der Waals surface area (Å²) < 4.78 is 5.56. The maximum atomic E-state index is 5.56. The number of hydrogen-bond acceptors (Lipinski definition) is 4. The SMILES string of the molecule is CCCNCc1cc(N(C)CC2CCCOC2)ccn1. The summed E-state index contributed by atoms with van der Waals surface area (Å²) in [5.41, 5.74) is 2.36. The van der Waals surface area contributed by atoms with Crippen LogP contribution in [-0.2, 0) is 11.3 Å². The molecule has 4 heteroatoms. The molecule has 1 N–H and O–H groups in total. The molecule has 1 unspecified atom stereocenters. The Morgan fingerprint density at radius 3 is 3.15 bits per heavy atom. The summed E-state index contributed by atoms with van der Waals surface area (Å²) in [4.78, 5) is 6.75. The molecule has 2 heterocycles. The van der Waals surface area contributed by atoms with Crippen LogP contribution in [0, 0.1) is 5.92 Å². The lowest BCUT2D eigenvalue weighted by atomic mass is 10.0. The highest BCUT2D eigenvalue weighted by Crippen LogP contribution is 2.19. The Balaban J connectivity index is 1.88. The van der Waals surface area contributed by atoms with E-state index in [1.165, 1.54) is 18.5 Å². The van der Waals surface area contributed by atoms with Gasteiger partial charge in [-0.2, -0.15) is 0 Å². The predicted molar refractivity (Wildman–Crippen MR) is 83.0 cm³/mol. The van der Waals surface area contributed by atoms with Crippen LogP contribution < -0.4 is 10.2 Å². The molecular weight excluding hydrogens is 250 g/mol. The van der Waals surface area contributed by atoms with Crippen molar-refractivity contribution in [2.75, 3.05) is 38.3 Å². The van der Waals surface area contributed by atoms with Gasteiger partial charge in [-0.3, -0.25) is 4.98 Å². The highest BCUT2D eigenvalue weighted by Gasteiger charge is 2.16. The molecule has 112 valence electrons. The topological polar surface area (TPSA) is 37.4 Å². The fraction of sp³-hybridized carbons (Fsp3) is 0.688. The highest BCUT2D eigenvalue weighted by molar-refractivity contribution is 5.45. The van der Waals surface area contributed by atoms with Crippen molar-refractivity contribution in [1.82, 2.24) is 10.3 Å². The van der Waals surface area contributed by atoms with E-state index in [-0.39, 0.29) is 0 Å². The summed E-state index contributed by atoms with van der Waals surface area (Å²) in [6.07, 6.45) is 5.54. The van der Waals surface area contributed by atoms with Crippen molar-refractivity contribution in [1.29, 1.82) is 0 Å². The van der Waals surface area contributed by atoms with Gasteiger partial charge in [-0.15, -0.1) is 0 Å². The summed E-state index contributed by atoms with van der Waals surface area (Å²) in [6.45, 7) is 6.97. The number of nitrogens with zero attached hydrogens (tertiary/aromatic N) is 2. The van der Waals surface area contributed by atoms with E-state index in [1.807, 2.05) is 6.20 Å². The van der Waals surface area contributed by atoms with E-state index in [4.69, 9.17) is 4.74 Å². The normalized spacial score (nSPS) is 19.0. The van der Waals surface area contributed by atoms with Gasteiger partial charge in [0.2, 0.25) is 0 Å². The molecule has 1 aromatic heterocycles. The Hall–Kier alpha value is -1.13. The maximum absolute atomic E-state index is 5.56.